The van der Waals surface area contributed by atoms with Crippen LogP contribution < -0.4 is 4.68 Å². The van der Waals surface area contributed by atoms with Gasteiger partial charge < -0.3 is 5.43 Å². The molecule has 0 saturated carbocycles. The molecule has 2 nitrogen and oxygen atoms in total. The van der Waals surface area contributed by atoms with Crippen LogP contribution in [0.5, 0.6) is 0 Å². The fraction of sp³-hybridized carbons (Fsp3) is 0.150. The van der Waals surface area contributed by atoms with Crippen molar-refractivity contribution in [2.24, 2.45) is 0 Å². The minimum Gasteiger partial charge on any atom is -0.404 e. The van der Waals surface area contributed by atoms with Gasteiger partial charge in [-0.2, -0.15) is 0 Å². The molecular weight excluding hydrogens is 300 g/mol. The molecule has 0 unspecified atom stereocenters. The molecule has 0 radical (unpaired) electrons. The van der Waals surface area contributed by atoms with E-state index in [2.05, 4.69) is 86.8 Å². The highest BCUT2D eigenvalue weighted by molar-refractivity contribution is 7.98. The Morgan fingerprint density at radius 2 is 1.39 bits per heavy atom. The molecule has 0 spiro atoms. The van der Waals surface area contributed by atoms with Crippen molar-refractivity contribution in [1.29, 1.82) is 0 Å². The zero-order chi connectivity index (χ0) is 16.2. The summed E-state index contributed by atoms with van der Waals surface area (Å²) in [5.74, 6) is 0. The highest BCUT2D eigenvalue weighted by Gasteiger charge is 2.06. The first-order valence-corrected chi connectivity index (χ1v) is 8.84. The molecule has 2 aromatic carbocycles. The van der Waals surface area contributed by atoms with Crippen molar-refractivity contribution < 1.29 is 4.68 Å². The van der Waals surface area contributed by atoms with Crippen LogP contribution in [-0.2, 0) is 0 Å². The Kier molecular flexibility index (Phi) is 4.68. The number of thioether (sulfide) groups is 1. The Labute approximate surface area is 142 Å². The molecule has 0 bridgehead atoms. The molecule has 1 aromatic heterocycles. The summed E-state index contributed by atoms with van der Waals surface area (Å²) in [6, 6.07) is 23.2. The first-order chi connectivity index (χ1) is 11.2. The SMILES string of the molecule is CSc1cccc(C)[n+]1[N-]c1ccc(-c2ccc(C)cc2)cc1. The molecule has 0 atom stereocenters. The molecule has 3 heteroatoms. The zero-order valence-electron chi connectivity index (χ0n) is 13.7. The monoisotopic (exact) mass is 320 g/mol. The summed E-state index contributed by atoms with van der Waals surface area (Å²) in [5.41, 5.74) is 10.6. The van der Waals surface area contributed by atoms with E-state index < -0.39 is 0 Å². The van der Waals surface area contributed by atoms with E-state index in [1.54, 1.807) is 11.8 Å². The van der Waals surface area contributed by atoms with Crippen LogP contribution in [0.25, 0.3) is 16.6 Å². The lowest BCUT2D eigenvalue weighted by Crippen LogP contribution is -2.34. The Morgan fingerprint density at radius 3 is 2.00 bits per heavy atom. The molecule has 3 aromatic rings. The van der Waals surface area contributed by atoms with E-state index in [1.165, 1.54) is 16.7 Å². The number of rotatable bonds is 4. The first-order valence-electron chi connectivity index (χ1n) is 7.62. The third-order valence-corrected chi connectivity index (χ3v) is 4.52. The van der Waals surface area contributed by atoms with Crippen molar-refractivity contribution in [3.63, 3.8) is 0 Å². The number of aromatic nitrogens is 1. The summed E-state index contributed by atoms with van der Waals surface area (Å²) in [7, 11) is 0. The fourth-order valence-corrected chi connectivity index (χ4v) is 3.02. The van der Waals surface area contributed by atoms with E-state index in [0.29, 0.717) is 0 Å². The number of aryl methyl sites for hydroxylation is 2. The van der Waals surface area contributed by atoms with E-state index in [9.17, 15) is 0 Å². The second-order valence-corrected chi connectivity index (χ2v) is 6.36. The minimum atomic E-state index is 0.954. The lowest BCUT2D eigenvalue weighted by atomic mass is 10.0. The van der Waals surface area contributed by atoms with Gasteiger partial charge in [-0.05, 0) is 30.4 Å². The van der Waals surface area contributed by atoms with Crippen LogP contribution in [0, 0.1) is 13.8 Å². The van der Waals surface area contributed by atoms with Gasteiger partial charge in [-0.3, -0.25) is 0 Å². The average Bonchev–Trinajstić information content (AvgIpc) is 2.58. The maximum Gasteiger partial charge on any atom is 0.235 e. The maximum absolute atomic E-state index is 4.76. The van der Waals surface area contributed by atoms with Gasteiger partial charge in [0.1, 0.15) is 0 Å². The van der Waals surface area contributed by atoms with Crippen LogP contribution >= 0.6 is 11.8 Å². The summed E-state index contributed by atoms with van der Waals surface area (Å²) in [4.78, 5) is 0. The average molecular weight is 320 g/mol. The van der Waals surface area contributed by atoms with Crippen molar-refractivity contribution in [2.75, 3.05) is 6.26 Å². The highest BCUT2D eigenvalue weighted by Crippen LogP contribution is 2.25. The fourth-order valence-electron chi connectivity index (χ4n) is 2.45. The molecule has 0 saturated heterocycles. The summed E-state index contributed by atoms with van der Waals surface area (Å²) >= 11 is 1.70. The summed E-state index contributed by atoms with van der Waals surface area (Å²) in [6.45, 7) is 4.18. The second-order valence-electron chi connectivity index (χ2n) is 5.53. The molecular formula is C20H20N2S. The standard InChI is InChI=1S/C20H20N2S/c1-15-7-9-17(10-8-15)18-11-13-19(14-12-18)21-22-16(2)5-4-6-20(22)23-3/h4-14H,1-3H3. The van der Waals surface area contributed by atoms with Crippen LogP contribution in [0.3, 0.4) is 0 Å². The lowest BCUT2D eigenvalue weighted by Gasteiger charge is -2.18. The van der Waals surface area contributed by atoms with Gasteiger partial charge >= 0.3 is 0 Å². The van der Waals surface area contributed by atoms with Crippen molar-refractivity contribution in [2.45, 2.75) is 18.9 Å². The molecule has 0 aliphatic rings. The predicted octanol–water partition coefficient (Wildman–Crippen LogP) is 5.45. The van der Waals surface area contributed by atoms with Crippen molar-refractivity contribution >= 4 is 17.4 Å². The topological polar surface area (TPSA) is 18.0 Å². The van der Waals surface area contributed by atoms with Gasteiger partial charge in [0, 0.05) is 19.1 Å². The van der Waals surface area contributed by atoms with E-state index in [-0.39, 0.29) is 0 Å². The molecule has 0 N–H and O–H groups in total. The normalized spacial score (nSPS) is 10.6. The molecule has 0 aliphatic carbocycles. The highest BCUT2D eigenvalue weighted by atomic mass is 32.2. The summed E-state index contributed by atoms with van der Waals surface area (Å²) < 4.78 is 1.99. The van der Waals surface area contributed by atoms with Gasteiger partial charge in [0.25, 0.3) is 0 Å². The summed E-state index contributed by atoms with van der Waals surface area (Å²) in [5, 5.41) is 1.13. The van der Waals surface area contributed by atoms with Crippen LogP contribution in [-0.4, -0.2) is 6.26 Å². The summed E-state index contributed by atoms with van der Waals surface area (Å²) in [6.07, 6.45) is 2.07. The van der Waals surface area contributed by atoms with Crippen LogP contribution in [0.2, 0.25) is 0 Å². The van der Waals surface area contributed by atoms with Crippen LogP contribution in [0.4, 0.5) is 5.69 Å². The third-order valence-electron chi connectivity index (χ3n) is 3.80. The van der Waals surface area contributed by atoms with E-state index >= 15 is 0 Å². The quantitative estimate of drug-likeness (QED) is 0.462. The van der Waals surface area contributed by atoms with E-state index in [0.717, 1.165) is 16.4 Å². The molecule has 3 rings (SSSR count). The molecule has 23 heavy (non-hydrogen) atoms. The van der Waals surface area contributed by atoms with E-state index in [4.69, 9.17) is 5.43 Å². The number of hydrogen-bond acceptors (Lipinski definition) is 1. The smallest absolute Gasteiger partial charge is 0.235 e. The van der Waals surface area contributed by atoms with Gasteiger partial charge in [-0.1, -0.05) is 71.5 Å². The Hall–Kier alpha value is -2.26. The number of nitrogens with zero attached hydrogens (tertiary/aromatic N) is 2. The van der Waals surface area contributed by atoms with Crippen LogP contribution in [0.1, 0.15) is 11.3 Å². The predicted molar refractivity (Wildman–Crippen MR) is 98.2 cm³/mol. The Bertz CT molecular complexity index is 793. The van der Waals surface area contributed by atoms with Gasteiger partial charge in [0.2, 0.25) is 5.03 Å². The maximum atomic E-state index is 4.76. The minimum absolute atomic E-state index is 0.954. The van der Waals surface area contributed by atoms with Gasteiger partial charge in [0.15, 0.2) is 5.69 Å². The zero-order valence-corrected chi connectivity index (χ0v) is 14.5. The van der Waals surface area contributed by atoms with Crippen molar-refractivity contribution in [1.82, 2.24) is 0 Å². The number of pyridine rings is 1. The van der Waals surface area contributed by atoms with Crippen molar-refractivity contribution in [3.05, 3.63) is 83.4 Å². The van der Waals surface area contributed by atoms with E-state index in [1.807, 2.05) is 4.68 Å². The molecule has 0 aliphatic heterocycles. The molecule has 116 valence electrons. The van der Waals surface area contributed by atoms with Gasteiger partial charge in [-0.25, -0.2) is 4.68 Å². The molecule has 0 amide bonds. The Morgan fingerprint density at radius 1 is 0.783 bits per heavy atom. The van der Waals surface area contributed by atoms with Crippen LogP contribution in [0.15, 0.2) is 71.8 Å². The lowest BCUT2D eigenvalue weighted by molar-refractivity contribution is -0.664. The third kappa shape index (κ3) is 3.57. The number of benzene rings is 2. The van der Waals surface area contributed by atoms with Gasteiger partial charge in [-0.15, -0.1) is 0 Å². The van der Waals surface area contributed by atoms with Gasteiger partial charge in [0.05, 0.1) is 0 Å². The van der Waals surface area contributed by atoms with Crippen molar-refractivity contribution in [3.8, 4) is 11.1 Å². The molecule has 0 fully saturated rings. The number of hydrogen-bond donors (Lipinski definition) is 0. The molecule has 1 heterocycles. The first kappa shape index (κ1) is 15.6. The largest absolute Gasteiger partial charge is 0.404 e. The Balaban J connectivity index is 1.85. The second kappa shape index (κ2) is 6.88.